The number of hydrogen-bond donors (Lipinski definition) is 0. The van der Waals surface area contributed by atoms with Gasteiger partial charge in [0.2, 0.25) is 0 Å². The predicted octanol–water partition coefficient (Wildman–Crippen LogP) is 7.88. The van der Waals surface area contributed by atoms with Gasteiger partial charge in [-0.05, 0) is 64.7 Å². The van der Waals surface area contributed by atoms with Crippen LogP contribution in [0, 0.1) is 0 Å². The van der Waals surface area contributed by atoms with Gasteiger partial charge < -0.3 is 9.47 Å². The lowest BCUT2D eigenvalue weighted by atomic mass is 9.94. The van der Waals surface area contributed by atoms with Gasteiger partial charge in [-0.3, -0.25) is 9.69 Å². The van der Waals surface area contributed by atoms with Crippen molar-refractivity contribution < 1.29 is 14.3 Å². The molecule has 0 N–H and O–H groups in total. The van der Waals surface area contributed by atoms with Gasteiger partial charge in [0, 0.05) is 21.7 Å². The lowest BCUT2D eigenvalue weighted by Crippen LogP contribution is -2.39. The summed E-state index contributed by atoms with van der Waals surface area (Å²) < 4.78 is 12.9. The summed E-state index contributed by atoms with van der Waals surface area (Å²) in [6.07, 6.45) is 7.41. The van der Waals surface area contributed by atoms with E-state index in [9.17, 15) is 4.79 Å². The Balaban J connectivity index is 1.54. The second-order valence-corrected chi connectivity index (χ2v) is 11.3. The van der Waals surface area contributed by atoms with Crippen LogP contribution in [0.3, 0.4) is 0 Å². The number of carbonyl (C=O) groups is 1. The third-order valence-corrected chi connectivity index (χ3v) is 8.21. The van der Waals surface area contributed by atoms with E-state index in [0.29, 0.717) is 35.2 Å². The molecular weight excluding hydrogens is 565 g/mol. The van der Waals surface area contributed by atoms with Crippen LogP contribution in [0.5, 0.6) is 11.5 Å². The molecule has 0 aromatic heterocycles. The molecule has 2 fully saturated rings. The quantitative estimate of drug-likeness (QED) is 0.254. The molecule has 1 aliphatic carbocycles. The fraction of sp³-hybridized carbons (Fsp3) is 0.333. The predicted molar refractivity (Wildman–Crippen MR) is 143 cm³/mol. The standard InChI is InChI=1S/C24H22BrCl2NO3S2/c1-30-20-10-14(9-18(25)22(20)31-13-15-7-8-16(26)12-19(15)27)11-21-23(29)28(24(32)33-21)17-5-3-2-4-6-17/h7-12,17H,2-6,13H2,1H3/b21-11+. The van der Waals surface area contributed by atoms with E-state index >= 15 is 0 Å². The number of thiocarbonyl (C=S) groups is 1. The highest BCUT2D eigenvalue weighted by Gasteiger charge is 2.37. The minimum Gasteiger partial charge on any atom is -0.493 e. The van der Waals surface area contributed by atoms with Crippen LogP contribution in [0.4, 0.5) is 0 Å². The molecule has 174 valence electrons. The molecule has 1 heterocycles. The molecular formula is C24H22BrCl2NO3S2. The normalized spacial score (nSPS) is 18.3. The van der Waals surface area contributed by atoms with Crippen LogP contribution < -0.4 is 9.47 Å². The number of ether oxygens (including phenoxy) is 2. The smallest absolute Gasteiger partial charge is 0.266 e. The summed E-state index contributed by atoms with van der Waals surface area (Å²) in [5.41, 5.74) is 1.63. The fourth-order valence-electron chi connectivity index (χ4n) is 4.04. The molecule has 1 saturated carbocycles. The molecule has 4 rings (SSSR count). The highest BCUT2D eigenvalue weighted by atomic mass is 79.9. The number of methoxy groups -OCH3 is 1. The summed E-state index contributed by atoms with van der Waals surface area (Å²) in [5.74, 6) is 1.09. The first-order chi connectivity index (χ1) is 15.9. The van der Waals surface area contributed by atoms with Crippen molar-refractivity contribution in [3.05, 3.63) is 60.9 Å². The lowest BCUT2D eigenvalue weighted by Gasteiger charge is -2.29. The average Bonchev–Trinajstić information content (AvgIpc) is 3.07. The summed E-state index contributed by atoms with van der Waals surface area (Å²) in [4.78, 5) is 15.5. The Kier molecular flexibility index (Phi) is 8.28. The van der Waals surface area contributed by atoms with Crippen molar-refractivity contribution in [3.63, 3.8) is 0 Å². The van der Waals surface area contributed by atoms with Crippen molar-refractivity contribution in [2.75, 3.05) is 7.11 Å². The Morgan fingerprint density at radius 1 is 1.21 bits per heavy atom. The van der Waals surface area contributed by atoms with E-state index in [0.717, 1.165) is 36.8 Å². The van der Waals surface area contributed by atoms with Crippen LogP contribution in [-0.4, -0.2) is 28.3 Å². The Morgan fingerprint density at radius 3 is 2.67 bits per heavy atom. The second kappa shape index (κ2) is 11.0. The number of carbonyl (C=O) groups excluding carboxylic acids is 1. The minimum atomic E-state index is -0.00954. The SMILES string of the molecule is COc1cc(/C=C2/SC(=S)N(C3CCCCC3)C2=O)cc(Br)c1OCc1ccc(Cl)cc1Cl. The Bertz CT molecular complexity index is 1120. The molecule has 1 aliphatic heterocycles. The van der Waals surface area contributed by atoms with Gasteiger partial charge in [0.15, 0.2) is 11.5 Å². The van der Waals surface area contributed by atoms with Gasteiger partial charge in [0.05, 0.1) is 16.5 Å². The molecule has 0 radical (unpaired) electrons. The average molecular weight is 587 g/mol. The maximum atomic E-state index is 13.1. The molecule has 9 heteroatoms. The lowest BCUT2D eigenvalue weighted by molar-refractivity contribution is -0.124. The molecule has 2 aliphatic rings. The number of benzene rings is 2. The van der Waals surface area contributed by atoms with Gasteiger partial charge in [-0.2, -0.15) is 0 Å². The van der Waals surface area contributed by atoms with E-state index in [2.05, 4.69) is 15.9 Å². The Hall–Kier alpha value is -1.25. The Labute approximate surface area is 221 Å². The zero-order valence-electron chi connectivity index (χ0n) is 17.9. The largest absolute Gasteiger partial charge is 0.493 e. The number of rotatable bonds is 6. The topological polar surface area (TPSA) is 38.8 Å². The van der Waals surface area contributed by atoms with Gasteiger partial charge in [-0.1, -0.05) is 72.5 Å². The van der Waals surface area contributed by atoms with Gasteiger partial charge in [-0.25, -0.2) is 0 Å². The van der Waals surface area contributed by atoms with Gasteiger partial charge in [-0.15, -0.1) is 0 Å². The maximum Gasteiger partial charge on any atom is 0.266 e. The van der Waals surface area contributed by atoms with E-state index in [1.54, 1.807) is 19.2 Å². The van der Waals surface area contributed by atoms with Gasteiger partial charge in [0.1, 0.15) is 10.9 Å². The van der Waals surface area contributed by atoms with Gasteiger partial charge >= 0.3 is 0 Å². The summed E-state index contributed by atoms with van der Waals surface area (Å²) in [7, 11) is 1.58. The molecule has 0 spiro atoms. The summed E-state index contributed by atoms with van der Waals surface area (Å²) in [6.45, 7) is 0.254. The number of nitrogens with zero attached hydrogens (tertiary/aromatic N) is 1. The van der Waals surface area contributed by atoms with E-state index in [-0.39, 0.29) is 18.6 Å². The molecule has 0 unspecified atom stereocenters. The third kappa shape index (κ3) is 5.70. The first-order valence-corrected chi connectivity index (χ1v) is 13.4. The summed E-state index contributed by atoms with van der Waals surface area (Å²) >= 11 is 22.7. The molecule has 1 saturated heterocycles. The van der Waals surface area contributed by atoms with Gasteiger partial charge in [0.25, 0.3) is 5.91 Å². The van der Waals surface area contributed by atoms with Crippen LogP contribution in [0.2, 0.25) is 10.0 Å². The van der Waals surface area contributed by atoms with Crippen LogP contribution in [0.1, 0.15) is 43.2 Å². The highest BCUT2D eigenvalue weighted by molar-refractivity contribution is 9.10. The Morgan fingerprint density at radius 2 is 1.97 bits per heavy atom. The first-order valence-electron chi connectivity index (χ1n) is 10.6. The monoisotopic (exact) mass is 585 g/mol. The van der Waals surface area contributed by atoms with Crippen LogP contribution in [-0.2, 0) is 11.4 Å². The minimum absolute atomic E-state index is 0.00954. The number of thioether (sulfide) groups is 1. The molecule has 2 aromatic carbocycles. The van der Waals surface area contributed by atoms with Crippen LogP contribution >= 0.6 is 63.1 Å². The van der Waals surface area contributed by atoms with E-state index in [1.165, 1.54) is 18.2 Å². The van der Waals surface area contributed by atoms with E-state index in [1.807, 2.05) is 29.2 Å². The van der Waals surface area contributed by atoms with Crippen molar-refractivity contribution in [3.8, 4) is 11.5 Å². The van der Waals surface area contributed by atoms with E-state index in [4.69, 9.17) is 44.9 Å². The van der Waals surface area contributed by atoms with Crippen molar-refractivity contribution in [2.45, 2.75) is 44.8 Å². The number of hydrogen-bond acceptors (Lipinski definition) is 5. The first kappa shape index (κ1) is 24.9. The number of halogens is 3. The molecule has 33 heavy (non-hydrogen) atoms. The van der Waals surface area contributed by atoms with Crippen LogP contribution in [0.15, 0.2) is 39.7 Å². The van der Waals surface area contributed by atoms with Crippen molar-refractivity contribution >= 4 is 79.4 Å². The zero-order chi connectivity index (χ0) is 23.5. The van der Waals surface area contributed by atoms with Crippen molar-refractivity contribution in [2.24, 2.45) is 0 Å². The number of amides is 1. The van der Waals surface area contributed by atoms with Crippen molar-refractivity contribution in [1.29, 1.82) is 0 Å². The summed E-state index contributed by atoms with van der Waals surface area (Å²) in [5, 5.41) is 1.11. The molecule has 0 atom stereocenters. The van der Waals surface area contributed by atoms with Crippen molar-refractivity contribution in [1.82, 2.24) is 4.90 Å². The van der Waals surface area contributed by atoms with E-state index < -0.39 is 0 Å². The summed E-state index contributed by atoms with van der Waals surface area (Å²) in [6, 6.07) is 9.24. The second-order valence-electron chi connectivity index (χ2n) is 7.90. The molecule has 0 bridgehead atoms. The fourth-order valence-corrected chi connectivity index (χ4v) is 6.47. The molecule has 1 amide bonds. The zero-order valence-corrected chi connectivity index (χ0v) is 22.6. The highest BCUT2D eigenvalue weighted by Crippen LogP contribution is 2.41. The third-order valence-electron chi connectivity index (χ3n) is 5.70. The maximum absolute atomic E-state index is 13.1. The molecule has 4 nitrogen and oxygen atoms in total. The molecule has 2 aromatic rings. The van der Waals surface area contributed by atoms with Crippen LogP contribution in [0.25, 0.3) is 6.08 Å².